The lowest BCUT2D eigenvalue weighted by Crippen LogP contribution is -2.55. The van der Waals surface area contributed by atoms with Crippen molar-refractivity contribution in [1.29, 1.82) is 5.26 Å². The van der Waals surface area contributed by atoms with Crippen LogP contribution in [0.25, 0.3) is 10.8 Å². The summed E-state index contributed by atoms with van der Waals surface area (Å²) >= 11 is 0. The molecule has 4 heterocycles. The van der Waals surface area contributed by atoms with Crippen molar-refractivity contribution in [2.75, 3.05) is 62.3 Å². The molecule has 0 aliphatic carbocycles. The number of aromatic nitrogens is 2. The number of ether oxygens (including phenoxy) is 2. The van der Waals surface area contributed by atoms with E-state index in [0.717, 1.165) is 66.2 Å². The Morgan fingerprint density at radius 3 is 2.85 bits per heavy atom. The lowest BCUT2D eigenvalue weighted by molar-refractivity contribution is -0.128. The average molecular weight is 626 g/mol. The SMILES string of the molecule is C=CC(=O)N1CCN(c2nc(OCCCN3C[C@H](C)OC[C@@H]3C)nc3c2CCN(c2cc(O)cc4ccccc24)C3)CC1CC#N. The molecule has 2 saturated heterocycles. The van der Waals surface area contributed by atoms with E-state index in [1.807, 2.05) is 24.3 Å². The number of hydrogen-bond acceptors (Lipinski definition) is 10. The largest absolute Gasteiger partial charge is 0.508 e. The number of nitrogens with zero attached hydrogens (tertiary/aromatic N) is 7. The van der Waals surface area contributed by atoms with Crippen LogP contribution in [-0.4, -0.2) is 101 Å². The van der Waals surface area contributed by atoms with Crippen molar-refractivity contribution in [2.45, 2.75) is 57.8 Å². The number of morpholine rings is 1. The topological polar surface area (TPSA) is 118 Å². The first-order valence-corrected chi connectivity index (χ1v) is 16.2. The van der Waals surface area contributed by atoms with Gasteiger partial charge in [-0.15, -0.1) is 0 Å². The molecule has 2 fully saturated rings. The van der Waals surface area contributed by atoms with Gasteiger partial charge in [-0.25, -0.2) is 0 Å². The van der Waals surface area contributed by atoms with E-state index in [0.29, 0.717) is 51.3 Å². The first-order chi connectivity index (χ1) is 22.3. The fraction of sp³-hybridized carbons (Fsp3) is 0.486. The summed E-state index contributed by atoms with van der Waals surface area (Å²) in [6.45, 7) is 13.8. The van der Waals surface area contributed by atoms with E-state index in [2.05, 4.69) is 47.3 Å². The molecule has 1 aromatic heterocycles. The molecule has 11 nitrogen and oxygen atoms in total. The Hall–Kier alpha value is -4.40. The summed E-state index contributed by atoms with van der Waals surface area (Å²) in [6, 6.07) is 14.4. The molecule has 46 heavy (non-hydrogen) atoms. The molecule has 11 heteroatoms. The van der Waals surface area contributed by atoms with Gasteiger partial charge in [0.05, 0.1) is 50.1 Å². The quantitative estimate of drug-likeness (QED) is 0.277. The summed E-state index contributed by atoms with van der Waals surface area (Å²) in [4.78, 5) is 31.1. The summed E-state index contributed by atoms with van der Waals surface area (Å²) < 4.78 is 12.0. The van der Waals surface area contributed by atoms with E-state index in [1.54, 1.807) is 11.0 Å². The predicted molar refractivity (Wildman–Crippen MR) is 177 cm³/mol. The third kappa shape index (κ3) is 6.73. The number of anilines is 2. The van der Waals surface area contributed by atoms with Gasteiger partial charge >= 0.3 is 6.01 Å². The third-order valence-electron chi connectivity index (χ3n) is 9.31. The molecule has 1 unspecified atom stereocenters. The molecule has 3 aliphatic rings. The number of rotatable bonds is 9. The van der Waals surface area contributed by atoms with Gasteiger partial charge in [0.25, 0.3) is 0 Å². The van der Waals surface area contributed by atoms with Crippen molar-refractivity contribution < 1.29 is 19.4 Å². The van der Waals surface area contributed by atoms with Crippen molar-refractivity contribution in [3.63, 3.8) is 0 Å². The van der Waals surface area contributed by atoms with Gasteiger partial charge in [0.2, 0.25) is 5.91 Å². The zero-order valence-corrected chi connectivity index (χ0v) is 26.8. The maximum atomic E-state index is 12.6. The normalized spacial score (nSPS) is 21.9. The molecule has 242 valence electrons. The Kier molecular flexibility index (Phi) is 9.56. The maximum Gasteiger partial charge on any atom is 0.318 e. The summed E-state index contributed by atoms with van der Waals surface area (Å²) in [7, 11) is 0. The molecule has 1 amide bonds. The molecule has 0 saturated carbocycles. The summed E-state index contributed by atoms with van der Waals surface area (Å²) in [5, 5.41) is 22.1. The average Bonchev–Trinajstić information content (AvgIpc) is 3.07. The molecule has 6 rings (SSSR count). The number of benzene rings is 2. The zero-order chi connectivity index (χ0) is 32.2. The molecular weight excluding hydrogens is 582 g/mol. The van der Waals surface area contributed by atoms with Crippen LogP contribution in [0, 0.1) is 11.3 Å². The Labute approximate surface area is 270 Å². The van der Waals surface area contributed by atoms with Gasteiger partial charge in [0.15, 0.2) is 0 Å². The van der Waals surface area contributed by atoms with Crippen LogP contribution in [-0.2, 0) is 22.5 Å². The van der Waals surface area contributed by atoms with Gasteiger partial charge in [-0.1, -0.05) is 30.8 Å². The Balaban J connectivity index is 1.27. The highest BCUT2D eigenvalue weighted by molar-refractivity contribution is 5.95. The standard InChI is InChI=1S/C35H43N7O4/c1-4-33(44)42-16-15-41(21-27(42)10-12-36)34-30-11-14-40(32-19-28(43)18-26-8-5-6-9-29(26)32)22-31(30)37-35(38-34)45-17-7-13-39-20-25(3)46-23-24(39)2/h4-6,8-9,18-19,24-25,27,43H,1,7,10-11,13-17,20-23H2,2-3H3/t24-,25-,27?/m0/s1. The minimum atomic E-state index is -0.268. The first kappa shape index (κ1) is 31.6. The molecule has 2 aromatic carbocycles. The van der Waals surface area contributed by atoms with E-state index in [1.165, 1.54) is 6.08 Å². The number of nitriles is 1. The summed E-state index contributed by atoms with van der Waals surface area (Å²) in [5.41, 5.74) is 2.91. The van der Waals surface area contributed by atoms with Crippen LogP contribution < -0.4 is 14.5 Å². The zero-order valence-electron chi connectivity index (χ0n) is 26.8. The second-order valence-corrected chi connectivity index (χ2v) is 12.5. The fourth-order valence-corrected chi connectivity index (χ4v) is 6.91. The van der Waals surface area contributed by atoms with Crippen molar-refractivity contribution in [1.82, 2.24) is 19.8 Å². The highest BCUT2D eigenvalue weighted by atomic mass is 16.5. The van der Waals surface area contributed by atoms with Gasteiger partial charge in [-0.05, 0) is 44.2 Å². The van der Waals surface area contributed by atoms with Gasteiger partial charge in [-0.2, -0.15) is 15.2 Å². The number of carbonyl (C=O) groups excluding carboxylic acids is 1. The number of hydrogen-bond donors (Lipinski definition) is 1. The molecule has 3 aliphatic heterocycles. The highest BCUT2D eigenvalue weighted by Crippen LogP contribution is 2.36. The second kappa shape index (κ2) is 13.9. The first-order valence-electron chi connectivity index (χ1n) is 16.2. The number of carbonyl (C=O) groups is 1. The van der Waals surface area contributed by atoms with E-state index in [4.69, 9.17) is 19.4 Å². The Morgan fingerprint density at radius 2 is 2.02 bits per heavy atom. The van der Waals surface area contributed by atoms with Gasteiger partial charge in [0, 0.05) is 68.0 Å². The number of aromatic hydroxyl groups is 1. The minimum absolute atomic E-state index is 0.161. The maximum absolute atomic E-state index is 12.6. The minimum Gasteiger partial charge on any atom is -0.508 e. The van der Waals surface area contributed by atoms with Crippen LogP contribution in [0.2, 0.25) is 0 Å². The smallest absolute Gasteiger partial charge is 0.318 e. The van der Waals surface area contributed by atoms with E-state index in [-0.39, 0.29) is 30.2 Å². The lowest BCUT2D eigenvalue weighted by Gasteiger charge is -2.42. The van der Waals surface area contributed by atoms with Crippen molar-refractivity contribution >= 4 is 28.2 Å². The van der Waals surface area contributed by atoms with Crippen LogP contribution in [0.5, 0.6) is 11.8 Å². The number of piperazine rings is 1. The van der Waals surface area contributed by atoms with Gasteiger partial charge < -0.3 is 29.3 Å². The predicted octanol–water partition coefficient (Wildman–Crippen LogP) is 3.89. The lowest BCUT2D eigenvalue weighted by atomic mass is 10.0. The molecule has 3 aromatic rings. The number of amides is 1. The van der Waals surface area contributed by atoms with Crippen molar-refractivity contribution in [2.24, 2.45) is 0 Å². The van der Waals surface area contributed by atoms with E-state index >= 15 is 0 Å². The molecule has 1 N–H and O–H groups in total. The van der Waals surface area contributed by atoms with E-state index < -0.39 is 0 Å². The van der Waals surface area contributed by atoms with Crippen LogP contribution in [0.4, 0.5) is 11.5 Å². The second-order valence-electron chi connectivity index (χ2n) is 12.5. The van der Waals surface area contributed by atoms with Crippen LogP contribution in [0.15, 0.2) is 49.1 Å². The van der Waals surface area contributed by atoms with Gasteiger partial charge in [0.1, 0.15) is 11.6 Å². The highest BCUT2D eigenvalue weighted by Gasteiger charge is 2.33. The Morgan fingerprint density at radius 1 is 1.17 bits per heavy atom. The molecule has 0 radical (unpaired) electrons. The van der Waals surface area contributed by atoms with Crippen molar-refractivity contribution in [3.8, 4) is 17.8 Å². The van der Waals surface area contributed by atoms with E-state index in [9.17, 15) is 15.2 Å². The molecule has 3 atom stereocenters. The number of phenols is 1. The monoisotopic (exact) mass is 625 g/mol. The van der Waals surface area contributed by atoms with Crippen LogP contribution in [0.3, 0.4) is 0 Å². The van der Waals surface area contributed by atoms with Crippen molar-refractivity contribution in [3.05, 3.63) is 60.3 Å². The summed E-state index contributed by atoms with van der Waals surface area (Å²) in [5.74, 6) is 0.877. The third-order valence-corrected chi connectivity index (χ3v) is 9.31. The molecule has 0 spiro atoms. The fourth-order valence-electron chi connectivity index (χ4n) is 6.91. The van der Waals surface area contributed by atoms with Crippen LogP contribution in [0.1, 0.15) is 37.9 Å². The molecular formula is C35H43N7O4. The Bertz CT molecular complexity index is 1620. The molecule has 0 bridgehead atoms. The summed E-state index contributed by atoms with van der Waals surface area (Å²) in [6.07, 6.45) is 3.31. The van der Waals surface area contributed by atoms with Crippen LogP contribution >= 0.6 is 0 Å². The number of phenolic OH excluding ortho intramolecular Hbond substituents is 1. The number of fused-ring (bicyclic) bond motifs is 2. The van der Waals surface area contributed by atoms with Gasteiger partial charge in [-0.3, -0.25) is 9.69 Å².